The van der Waals surface area contributed by atoms with Crippen molar-refractivity contribution >= 4 is 29.3 Å². The molecule has 4 aromatic carbocycles. The smallest absolute Gasteiger partial charge is 0.265 e. The summed E-state index contributed by atoms with van der Waals surface area (Å²) in [5.41, 5.74) is 4.26. The lowest BCUT2D eigenvalue weighted by Crippen LogP contribution is -2.41. The predicted molar refractivity (Wildman–Crippen MR) is 156 cm³/mol. The van der Waals surface area contributed by atoms with E-state index in [-0.39, 0.29) is 18.4 Å². The summed E-state index contributed by atoms with van der Waals surface area (Å²) in [4.78, 5) is 26.9. The van der Waals surface area contributed by atoms with E-state index in [1.807, 2.05) is 85.8 Å². The average Bonchev–Trinajstić information content (AvgIpc) is 2.98. The van der Waals surface area contributed by atoms with Crippen molar-refractivity contribution in [3.05, 3.63) is 120 Å². The van der Waals surface area contributed by atoms with E-state index in [2.05, 4.69) is 5.32 Å². The number of hydrogen-bond donors (Lipinski definition) is 1. The minimum absolute atomic E-state index is 0.0396. The summed E-state index contributed by atoms with van der Waals surface area (Å²) in [5, 5.41) is 2.86. The van der Waals surface area contributed by atoms with Crippen LogP contribution in [0.3, 0.4) is 0 Å². The quantitative estimate of drug-likeness (QED) is 0.252. The van der Waals surface area contributed by atoms with Crippen molar-refractivity contribution in [2.24, 2.45) is 0 Å². The molecule has 0 aliphatic carbocycles. The van der Waals surface area contributed by atoms with E-state index in [1.54, 1.807) is 29.2 Å². The highest BCUT2D eigenvalue weighted by Gasteiger charge is 2.26. The van der Waals surface area contributed by atoms with Crippen molar-refractivity contribution in [2.75, 3.05) is 30.0 Å². The number of benzene rings is 4. The topological polar surface area (TPSA) is 77.1 Å². The Bertz CT molecular complexity index is 1480. The molecule has 1 heterocycles. The van der Waals surface area contributed by atoms with E-state index >= 15 is 0 Å². The molecule has 5 rings (SSSR count). The fourth-order valence-corrected chi connectivity index (χ4v) is 4.19. The lowest BCUT2D eigenvalue weighted by atomic mass is 10.2. The second kappa shape index (κ2) is 12.7. The molecule has 0 spiro atoms. The van der Waals surface area contributed by atoms with Gasteiger partial charge in [-0.1, -0.05) is 60.2 Å². The molecular weight excluding hydrogens is 504 g/mol. The molecule has 7 heteroatoms. The SMILES string of the molecule is Cc1ccc(OCCN2C(=O)COc3ccc(NC(=O)/C=C/c4ccc(OCc5ccccc5)cc4)cc32)cc1. The number of nitrogens with one attached hydrogen (secondary N) is 1. The molecule has 40 heavy (non-hydrogen) atoms. The molecule has 0 saturated heterocycles. The minimum Gasteiger partial charge on any atom is -0.492 e. The van der Waals surface area contributed by atoms with Gasteiger partial charge >= 0.3 is 0 Å². The van der Waals surface area contributed by atoms with Crippen LogP contribution in [-0.4, -0.2) is 31.6 Å². The van der Waals surface area contributed by atoms with E-state index in [0.717, 1.165) is 28.2 Å². The van der Waals surface area contributed by atoms with Gasteiger partial charge < -0.3 is 24.4 Å². The standard InChI is InChI=1S/C33H30N2O5/c1-24-7-13-28(14-8-24)38-20-19-35-30-21-27(12-17-31(30)40-23-33(35)37)34-32(36)18-11-25-9-15-29(16-10-25)39-22-26-5-3-2-4-6-26/h2-18,21H,19-20,22-23H2,1H3,(H,34,36)/b18-11+. The highest BCUT2D eigenvalue weighted by atomic mass is 16.5. The summed E-state index contributed by atoms with van der Waals surface area (Å²) in [7, 11) is 0. The number of ether oxygens (including phenoxy) is 3. The molecule has 0 saturated carbocycles. The first-order valence-corrected chi connectivity index (χ1v) is 13.1. The minimum atomic E-state index is -0.290. The van der Waals surface area contributed by atoms with Crippen molar-refractivity contribution in [3.63, 3.8) is 0 Å². The molecule has 0 radical (unpaired) electrons. The number of amides is 2. The summed E-state index contributed by atoms with van der Waals surface area (Å²) >= 11 is 0. The summed E-state index contributed by atoms with van der Waals surface area (Å²) in [6.45, 7) is 3.14. The molecule has 7 nitrogen and oxygen atoms in total. The third kappa shape index (κ3) is 7.08. The molecule has 1 N–H and O–H groups in total. The van der Waals surface area contributed by atoms with Crippen LogP contribution in [0.5, 0.6) is 17.2 Å². The molecule has 202 valence electrons. The Morgan fingerprint density at radius 2 is 1.65 bits per heavy atom. The van der Waals surface area contributed by atoms with Gasteiger partial charge in [-0.25, -0.2) is 0 Å². The number of anilines is 2. The van der Waals surface area contributed by atoms with Crippen molar-refractivity contribution in [1.29, 1.82) is 0 Å². The number of hydrogen-bond acceptors (Lipinski definition) is 5. The third-order valence-corrected chi connectivity index (χ3v) is 6.33. The number of aryl methyl sites for hydroxylation is 1. The van der Waals surface area contributed by atoms with Gasteiger partial charge in [0.15, 0.2) is 6.61 Å². The Morgan fingerprint density at radius 3 is 2.42 bits per heavy atom. The first-order valence-electron chi connectivity index (χ1n) is 13.1. The molecule has 0 atom stereocenters. The van der Waals surface area contributed by atoms with Crippen LogP contribution in [0, 0.1) is 6.92 Å². The summed E-state index contributed by atoms with van der Waals surface area (Å²) < 4.78 is 17.2. The maximum absolute atomic E-state index is 12.6. The van der Waals surface area contributed by atoms with Gasteiger partial charge in [-0.15, -0.1) is 0 Å². The van der Waals surface area contributed by atoms with Crippen LogP contribution in [0.2, 0.25) is 0 Å². The van der Waals surface area contributed by atoms with Gasteiger partial charge in [0.1, 0.15) is 30.5 Å². The van der Waals surface area contributed by atoms with E-state index in [4.69, 9.17) is 14.2 Å². The van der Waals surface area contributed by atoms with Crippen molar-refractivity contribution in [3.8, 4) is 17.2 Å². The van der Waals surface area contributed by atoms with Crippen molar-refractivity contribution < 1.29 is 23.8 Å². The summed E-state index contributed by atoms with van der Waals surface area (Å²) in [5.74, 6) is 1.62. The summed E-state index contributed by atoms with van der Waals surface area (Å²) in [6, 6.07) is 30.5. The monoisotopic (exact) mass is 534 g/mol. The third-order valence-electron chi connectivity index (χ3n) is 6.33. The normalized spacial score (nSPS) is 12.5. The first kappa shape index (κ1) is 26.6. The number of fused-ring (bicyclic) bond motifs is 1. The Labute approximate surface area is 233 Å². The second-order valence-electron chi connectivity index (χ2n) is 9.34. The van der Waals surface area contributed by atoms with Crippen LogP contribution in [0.1, 0.15) is 16.7 Å². The Kier molecular flexibility index (Phi) is 8.41. The first-order chi connectivity index (χ1) is 19.5. The highest BCUT2D eigenvalue weighted by Crippen LogP contribution is 2.34. The fraction of sp³-hybridized carbons (Fsp3) is 0.152. The number of carbonyl (C=O) groups is 2. The molecule has 0 bridgehead atoms. The summed E-state index contributed by atoms with van der Waals surface area (Å²) in [6.07, 6.45) is 3.20. The van der Waals surface area contributed by atoms with Gasteiger partial charge in [-0.05, 0) is 66.6 Å². The van der Waals surface area contributed by atoms with Crippen molar-refractivity contribution in [1.82, 2.24) is 0 Å². The molecular formula is C33H30N2O5. The van der Waals surface area contributed by atoms with Crippen LogP contribution < -0.4 is 24.4 Å². The van der Waals surface area contributed by atoms with Gasteiger partial charge in [-0.3, -0.25) is 9.59 Å². The van der Waals surface area contributed by atoms with Crippen LogP contribution >= 0.6 is 0 Å². The van der Waals surface area contributed by atoms with Crippen LogP contribution in [0.25, 0.3) is 6.08 Å². The number of nitrogens with zero attached hydrogens (tertiary/aromatic N) is 1. The van der Waals surface area contributed by atoms with Gasteiger partial charge in [-0.2, -0.15) is 0 Å². The van der Waals surface area contributed by atoms with Gasteiger partial charge in [0.25, 0.3) is 5.91 Å². The zero-order valence-electron chi connectivity index (χ0n) is 22.2. The van der Waals surface area contributed by atoms with Crippen LogP contribution in [0.15, 0.2) is 103 Å². The maximum Gasteiger partial charge on any atom is 0.265 e. The van der Waals surface area contributed by atoms with E-state index in [1.165, 1.54) is 6.08 Å². The number of rotatable bonds is 10. The van der Waals surface area contributed by atoms with E-state index in [9.17, 15) is 9.59 Å². The predicted octanol–water partition coefficient (Wildman–Crippen LogP) is 6.03. The Balaban J connectivity index is 1.16. The maximum atomic E-state index is 12.6. The van der Waals surface area contributed by atoms with Crippen LogP contribution in [-0.2, 0) is 16.2 Å². The van der Waals surface area contributed by atoms with Crippen LogP contribution in [0.4, 0.5) is 11.4 Å². The van der Waals surface area contributed by atoms with E-state index in [0.29, 0.717) is 36.9 Å². The zero-order chi connectivity index (χ0) is 27.7. The molecule has 0 fully saturated rings. The fourth-order valence-electron chi connectivity index (χ4n) is 4.19. The molecule has 1 aliphatic heterocycles. The second-order valence-corrected chi connectivity index (χ2v) is 9.34. The zero-order valence-corrected chi connectivity index (χ0v) is 22.2. The Morgan fingerprint density at radius 1 is 0.925 bits per heavy atom. The average molecular weight is 535 g/mol. The lowest BCUT2D eigenvalue weighted by molar-refractivity contribution is -0.121. The molecule has 1 aliphatic rings. The van der Waals surface area contributed by atoms with Gasteiger partial charge in [0, 0.05) is 11.8 Å². The molecule has 2 amide bonds. The highest BCUT2D eigenvalue weighted by molar-refractivity contribution is 6.03. The van der Waals surface area contributed by atoms with Gasteiger partial charge in [0.05, 0.1) is 12.2 Å². The van der Waals surface area contributed by atoms with E-state index < -0.39 is 0 Å². The Hall–Kier alpha value is -5.04. The molecule has 0 unspecified atom stereocenters. The molecule has 0 aromatic heterocycles. The lowest BCUT2D eigenvalue weighted by Gasteiger charge is -2.29. The molecule has 4 aromatic rings. The largest absolute Gasteiger partial charge is 0.492 e. The number of carbonyl (C=O) groups excluding carboxylic acids is 2. The van der Waals surface area contributed by atoms with Crippen molar-refractivity contribution in [2.45, 2.75) is 13.5 Å². The van der Waals surface area contributed by atoms with Gasteiger partial charge in [0.2, 0.25) is 5.91 Å².